The summed E-state index contributed by atoms with van der Waals surface area (Å²) >= 11 is 0. The number of nitrogens with zero attached hydrogens (tertiary/aromatic N) is 3. The predicted octanol–water partition coefficient (Wildman–Crippen LogP) is 4.62. The van der Waals surface area contributed by atoms with Crippen LogP contribution in [-0.2, 0) is 6.61 Å². The number of aromatic nitrogens is 3. The highest BCUT2D eigenvalue weighted by Crippen LogP contribution is 2.41. The van der Waals surface area contributed by atoms with E-state index in [0.717, 1.165) is 59.6 Å². The average molecular weight is 429 g/mol. The lowest BCUT2D eigenvalue weighted by Gasteiger charge is -2.28. The van der Waals surface area contributed by atoms with Gasteiger partial charge in [-0.2, -0.15) is 0 Å². The third-order valence-electron chi connectivity index (χ3n) is 6.14. The van der Waals surface area contributed by atoms with Crippen LogP contribution in [0, 0.1) is 0 Å². The monoisotopic (exact) mass is 428 g/mol. The van der Waals surface area contributed by atoms with E-state index in [0.29, 0.717) is 18.3 Å². The van der Waals surface area contributed by atoms with Crippen LogP contribution < -0.4 is 21.5 Å². The molecule has 0 atom stereocenters. The van der Waals surface area contributed by atoms with E-state index < -0.39 is 0 Å². The number of imidazole rings is 1. The quantitative estimate of drug-likeness (QED) is 0.414. The second-order valence-electron chi connectivity index (χ2n) is 8.41. The minimum absolute atomic E-state index is 0.269. The summed E-state index contributed by atoms with van der Waals surface area (Å²) in [6.07, 6.45) is 7.54. The molecule has 1 aliphatic carbocycles. The van der Waals surface area contributed by atoms with E-state index in [9.17, 15) is 0 Å². The predicted molar refractivity (Wildman–Crippen MR) is 127 cm³/mol. The van der Waals surface area contributed by atoms with E-state index in [-0.39, 0.29) is 6.04 Å². The largest absolute Gasteiger partial charge is 0.489 e. The molecule has 5 N–H and O–H groups in total. The van der Waals surface area contributed by atoms with Gasteiger partial charge in [0.1, 0.15) is 18.2 Å². The Hall–Kier alpha value is -3.58. The van der Waals surface area contributed by atoms with Gasteiger partial charge in [-0.3, -0.25) is 0 Å². The smallest absolute Gasteiger partial charge is 0.177 e. The fourth-order valence-electron chi connectivity index (χ4n) is 4.47. The maximum absolute atomic E-state index is 6.45. The molecule has 4 aromatic rings. The summed E-state index contributed by atoms with van der Waals surface area (Å²) in [5.41, 5.74) is 17.3. The van der Waals surface area contributed by atoms with Gasteiger partial charge in [0.2, 0.25) is 0 Å². The molecule has 2 aromatic carbocycles. The third-order valence-corrected chi connectivity index (χ3v) is 6.14. The van der Waals surface area contributed by atoms with Crippen LogP contribution in [0.1, 0.15) is 42.7 Å². The van der Waals surface area contributed by atoms with Gasteiger partial charge in [0, 0.05) is 35.8 Å². The first kappa shape index (κ1) is 20.3. The van der Waals surface area contributed by atoms with Crippen molar-refractivity contribution in [3.63, 3.8) is 0 Å². The van der Waals surface area contributed by atoms with Crippen LogP contribution >= 0.6 is 0 Å². The summed E-state index contributed by atoms with van der Waals surface area (Å²) in [4.78, 5) is 4.55. The second-order valence-corrected chi connectivity index (χ2v) is 8.41. The van der Waals surface area contributed by atoms with Crippen molar-refractivity contribution in [2.75, 3.05) is 11.1 Å². The maximum atomic E-state index is 6.45. The Balaban J connectivity index is 1.44. The fourth-order valence-corrected chi connectivity index (χ4v) is 4.47. The van der Waals surface area contributed by atoms with Crippen LogP contribution in [0.4, 0.5) is 17.2 Å². The first-order valence-electron chi connectivity index (χ1n) is 11.1. The van der Waals surface area contributed by atoms with Gasteiger partial charge in [0.15, 0.2) is 5.65 Å². The van der Waals surface area contributed by atoms with Gasteiger partial charge in [0.25, 0.3) is 0 Å². The molecule has 7 nitrogen and oxygen atoms in total. The number of hydrogen-bond acceptors (Lipinski definition) is 6. The minimum Gasteiger partial charge on any atom is -0.489 e. The summed E-state index contributed by atoms with van der Waals surface area (Å²) in [5.74, 6) is 1.64. The molecule has 7 heteroatoms. The molecule has 0 bridgehead atoms. The molecule has 32 heavy (non-hydrogen) atoms. The van der Waals surface area contributed by atoms with Gasteiger partial charge < -0.3 is 21.5 Å². The van der Waals surface area contributed by atoms with Gasteiger partial charge >= 0.3 is 0 Å². The Kier molecular flexibility index (Phi) is 5.64. The Morgan fingerprint density at radius 2 is 1.84 bits per heavy atom. The van der Waals surface area contributed by atoms with Crippen LogP contribution in [0.2, 0.25) is 0 Å². The van der Waals surface area contributed by atoms with E-state index in [1.165, 1.54) is 0 Å². The molecule has 0 saturated heterocycles. The molecule has 0 spiro atoms. The van der Waals surface area contributed by atoms with Crippen molar-refractivity contribution in [2.24, 2.45) is 5.73 Å². The summed E-state index contributed by atoms with van der Waals surface area (Å²) in [5, 5.41) is 8.12. The molecule has 2 aromatic heterocycles. The number of benzene rings is 2. The van der Waals surface area contributed by atoms with Crippen LogP contribution in [0.5, 0.6) is 5.75 Å². The number of hydrogen-bond donors (Lipinski definition) is 3. The van der Waals surface area contributed by atoms with E-state index >= 15 is 0 Å². The lowest BCUT2D eigenvalue weighted by molar-refractivity contribution is 0.306. The molecule has 0 amide bonds. The van der Waals surface area contributed by atoms with Gasteiger partial charge in [-0.15, -0.1) is 5.10 Å². The molecule has 164 valence electrons. The van der Waals surface area contributed by atoms with Gasteiger partial charge in [-0.25, -0.2) is 9.50 Å². The van der Waals surface area contributed by atoms with Gasteiger partial charge in [0.05, 0.1) is 5.69 Å². The van der Waals surface area contributed by atoms with E-state index in [2.05, 4.69) is 27.5 Å². The molecule has 1 saturated carbocycles. The number of rotatable bonds is 6. The van der Waals surface area contributed by atoms with Crippen molar-refractivity contribution >= 4 is 22.8 Å². The van der Waals surface area contributed by atoms with E-state index in [1.807, 2.05) is 48.7 Å². The van der Waals surface area contributed by atoms with Crippen LogP contribution in [0.15, 0.2) is 67.0 Å². The molecule has 0 radical (unpaired) electrons. The van der Waals surface area contributed by atoms with Crippen LogP contribution in [-0.4, -0.2) is 20.6 Å². The molecule has 0 unspecified atom stereocenters. The maximum Gasteiger partial charge on any atom is 0.177 e. The lowest BCUT2D eigenvalue weighted by Crippen LogP contribution is -2.26. The van der Waals surface area contributed by atoms with Crippen molar-refractivity contribution in [3.05, 3.63) is 78.1 Å². The first-order valence-corrected chi connectivity index (χ1v) is 11.1. The molecular weight excluding hydrogens is 400 g/mol. The molecule has 0 aliphatic heterocycles. The highest BCUT2D eigenvalue weighted by molar-refractivity contribution is 5.81. The zero-order chi connectivity index (χ0) is 21.9. The summed E-state index contributed by atoms with van der Waals surface area (Å²) < 4.78 is 7.74. The topological polar surface area (TPSA) is 103 Å². The number of nitrogens with one attached hydrogen (secondary N) is 1. The van der Waals surface area contributed by atoms with Crippen molar-refractivity contribution in [3.8, 4) is 5.75 Å². The molecule has 1 aliphatic rings. The van der Waals surface area contributed by atoms with Crippen LogP contribution in [0.25, 0.3) is 5.65 Å². The first-order chi connectivity index (χ1) is 15.7. The summed E-state index contributed by atoms with van der Waals surface area (Å²) in [7, 11) is 0. The number of ether oxygens (including phenoxy) is 1. The fraction of sp³-hybridized carbons (Fsp3) is 0.280. The highest BCUT2D eigenvalue weighted by Gasteiger charge is 2.27. The van der Waals surface area contributed by atoms with E-state index in [1.54, 1.807) is 10.7 Å². The summed E-state index contributed by atoms with van der Waals surface area (Å²) in [6, 6.07) is 18.4. The zero-order valence-electron chi connectivity index (χ0n) is 17.9. The Morgan fingerprint density at radius 3 is 2.66 bits per heavy atom. The number of nitrogen functional groups attached to an aromatic ring is 1. The van der Waals surface area contributed by atoms with Crippen molar-refractivity contribution in [1.29, 1.82) is 0 Å². The Labute approximate surface area is 187 Å². The number of anilines is 3. The molecular formula is C25H28N6O. The van der Waals surface area contributed by atoms with E-state index in [4.69, 9.17) is 16.2 Å². The van der Waals surface area contributed by atoms with Gasteiger partial charge in [-0.1, -0.05) is 36.4 Å². The van der Waals surface area contributed by atoms with Crippen molar-refractivity contribution in [1.82, 2.24) is 14.6 Å². The molecule has 5 rings (SSSR count). The third kappa shape index (κ3) is 4.24. The normalized spacial score (nSPS) is 18.5. The zero-order valence-corrected chi connectivity index (χ0v) is 17.9. The number of nitrogens with two attached hydrogens (primary N) is 2. The Bertz CT molecular complexity index is 1200. The van der Waals surface area contributed by atoms with Crippen molar-refractivity contribution < 1.29 is 4.74 Å². The van der Waals surface area contributed by atoms with Gasteiger partial charge in [-0.05, 0) is 49.3 Å². The standard InChI is InChI=1S/C25H28N6O/c26-19-11-9-18(10-12-19)22-23(25-28-13-14-31(25)30-24(22)27)29-20-7-4-8-21(15-20)32-16-17-5-2-1-3-6-17/h1-8,13-15,18-19,29H,9-12,16,26H2,(H2,27,30)/t18-,19-. The second kappa shape index (κ2) is 8.88. The van der Waals surface area contributed by atoms with Crippen molar-refractivity contribution in [2.45, 2.75) is 44.2 Å². The highest BCUT2D eigenvalue weighted by atomic mass is 16.5. The lowest BCUT2D eigenvalue weighted by atomic mass is 9.81. The van der Waals surface area contributed by atoms with Crippen LogP contribution in [0.3, 0.4) is 0 Å². The number of fused-ring (bicyclic) bond motifs is 1. The summed E-state index contributed by atoms with van der Waals surface area (Å²) in [6.45, 7) is 0.518. The average Bonchev–Trinajstić information content (AvgIpc) is 3.28. The molecule has 1 fully saturated rings. The Morgan fingerprint density at radius 1 is 1.03 bits per heavy atom. The molecule has 2 heterocycles. The minimum atomic E-state index is 0.269. The SMILES string of the molecule is Nc1nn2ccnc2c(Nc2cccc(OCc3ccccc3)c2)c1[C@H]1CC[C@H](N)CC1.